The van der Waals surface area contributed by atoms with E-state index in [9.17, 15) is 9.90 Å². The van der Waals surface area contributed by atoms with Crippen molar-refractivity contribution in [1.29, 1.82) is 0 Å². The average Bonchev–Trinajstić information content (AvgIpc) is 0.753. The van der Waals surface area contributed by atoms with Crippen LogP contribution in [0.25, 0.3) is 45.6 Å². The normalized spacial score (nSPS) is 11.4. The van der Waals surface area contributed by atoms with Crippen molar-refractivity contribution in [2.45, 2.75) is 5.60 Å². The fourth-order valence-electron chi connectivity index (χ4n) is 10.5. The van der Waals surface area contributed by atoms with Crippen molar-refractivity contribution in [2.24, 2.45) is 0 Å². The molecule has 0 spiro atoms. The van der Waals surface area contributed by atoms with Crippen LogP contribution in [0.2, 0.25) is 0 Å². The van der Waals surface area contributed by atoms with Crippen LogP contribution in [0.5, 0.6) is 0 Å². The summed E-state index contributed by atoms with van der Waals surface area (Å²) in [5.41, 5.74) is 9.41. The lowest BCUT2D eigenvalue weighted by Crippen LogP contribution is -2.33. The summed E-state index contributed by atoms with van der Waals surface area (Å²) in [6.07, 6.45) is 0. The zero-order chi connectivity index (χ0) is 63.8. The van der Waals surface area contributed by atoms with Crippen LogP contribution in [-0.2, 0) is 5.60 Å². The van der Waals surface area contributed by atoms with Crippen LogP contribution in [0.3, 0.4) is 0 Å². The minimum atomic E-state index is -1.78. The summed E-state index contributed by atoms with van der Waals surface area (Å²) in [5.74, 6) is 2.01. The van der Waals surface area contributed by atoms with Gasteiger partial charge in [-0.25, -0.2) is 29.9 Å². The van der Waals surface area contributed by atoms with Gasteiger partial charge in [0.15, 0.2) is 34.7 Å². The van der Waals surface area contributed by atoms with Crippen LogP contribution in [-0.4, -0.2) is 40.8 Å². The van der Waals surface area contributed by atoms with E-state index in [4.69, 9.17) is 15.0 Å². The maximum atomic E-state index is 13.4. The van der Waals surface area contributed by atoms with Crippen LogP contribution in [0, 0.1) is 0 Å². The number of carbonyl (C=O) groups is 1. The van der Waals surface area contributed by atoms with Crippen molar-refractivity contribution in [3.05, 3.63) is 381 Å². The van der Waals surface area contributed by atoms with Crippen LogP contribution in [0.1, 0.15) is 33.1 Å². The Bertz CT molecular complexity index is 4530. The van der Waals surface area contributed by atoms with Gasteiger partial charge in [0.1, 0.15) is 0 Å². The SMILES string of the molecule is Brc1ccccc1N(c1ccccc1)c1ccccc1.O=C(c1ccc(Br)cc1)c1nc(-c2ccccc2)nc(-c2ccccc2)n1.OC(c1ccc(Br)cc1)(c1nc(-c2ccccc2)nc(-c2ccccc2)n1)c1ccccc1N(c1ccccc1)c1ccccc1. The Balaban J connectivity index is 0.000000149. The number of hydrogen-bond acceptors (Lipinski definition) is 10. The van der Waals surface area contributed by atoms with Gasteiger partial charge in [0.2, 0.25) is 11.6 Å². The van der Waals surface area contributed by atoms with Gasteiger partial charge in [-0.05, 0) is 125 Å². The smallest absolute Gasteiger partial charge is 0.230 e. The number of hydrogen-bond donors (Lipinski definition) is 1. The molecule has 0 saturated heterocycles. The summed E-state index contributed by atoms with van der Waals surface area (Å²) < 4.78 is 2.88. The van der Waals surface area contributed by atoms with Crippen molar-refractivity contribution in [3.63, 3.8) is 0 Å². The summed E-state index contributed by atoms with van der Waals surface area (Å²) in [6, 6.07) is 111. The van der Waals surface area contributed by atoms with Crippen LogP contribution < -0.4 is 9.80 Å². The third-order valence-corrected chi connectivity index (χ3v) is 16.7. The molecule has 1 unspecified atom stereocenters. The molecular formula is C80H57Br3N8O2. The number of aromatic nitrogens is 6. The Labute approximate surface area is 565 Å². The molecule has 1 atom stereocenters. The molecule has 14 rings (SSSR count). The Hall–Kier alpha value is -10.7. The maximum absolute atomic E-state index is 13.4. The van der Waals surface area contributed by atoms with Gasteiger partial charge in [-0.1, -0.05) is 268 Å². The Morgan fingerprint density at radius 1 is 0.312 bits per heavy atom. The van der Waals surface area contributed by atoms with Gasteiger partial charge in [0.25, 0.3) is 0 Å². The van der Waals surface area contributed by atoms with Crippen molar-refractivity contribution in [3.8, 4) is 45.6 Å². The van der Waals surface area contributed by atoms with Gasteiger partial charge in [0.05, 0.1) is 11.4 Å². The third-order valence-electron chi connectivity index (χ3n) is 15.0. The molecule has 0 aliphatic heterocycles. The summed E-state index contributed by atoms with van der Waals surface area (Å²) in [6.45, 7) is 0. The number of carbonyl (C=O) groups excluding carboxylic acids is 1. The molecule has 13 heteroatoms. The largest absolute Gasteiger partial charge is 0.373 e. The molecule has 0 bridgehead atoms. The molecular weight excluding hydrogens is 1340 g/mol. The highest BCUT2D eigenvalue weighted by Crippen LogP contribution is 2.46. The van der Waals surface area contributed by atoms with Crippen molar-refractivity contribution >= 4 is 87.7 Å². The summed E-state index contributed by atoms with van der Waals surface area (Å²) in [7, 11) is 0. The van der Waals surface area contributed by atoms with Crippen LogP contribution >= 0.6 is 47.8 Å². The number of ketones is 1. The van der Waals surface area contributed by atoms with E-state index in [2.05, 4.69) is 164 Å². The second-order valence-electron chi connectivity index (χ2n) is 21.1. The van der Waals surface area contributed by atoms with E-state index < -0.39 is 5.60 Å². The molecule has 0 radical (unpaired) electrons. The third kappa shape index (κ3) is 14.9. The van der Waals surface area contributed by atoms with E-state index >= 15 is 0 Å². The van der Waals surface area contributed by atoms with Gasteiger partial charge in [-0.2, -0.15) is 0 Å². The van der Waals surface area contributed by atoms with Gasteiger partial charge < -0.3 is 14.9 Å². The zero-order valence-electron chi connectivity index (χ0n) is 49.9. The summed E-state index contributed by atoms with van der Waals surface area (Å²) >= 11 is 10.6. The predicted molar refractivity (Wildman–Crippen MR) is 385 cm³/mol. The molecule has 450 valence electrons. The predicted octanol–water partition coefficient (Wildman–Crippen LogP) is 20.8. The maximum Gasteiger partial charge on any atom is 0.230 e. The van der Waals surface area contributed by atoms with Gasteiger partial charge in [-0.3, -0.25) is 4.79 Å². The molecule has 2 heterocycles. The van der Waals surface area contributed by atoms with E-state index in [0.29, 0.717) is 40.0 Å². The Kier molecular flexibility index (Phi) is 20.1. The monoisotopic (exact) mass is 1400 g/mol. The first-order chi connectivity index (χ1) is 45.7. The number of halogens is 3. The van der Waals surface area contributed by atoms with Gasteiger partial charge in [0, 0.05) is 69.5 Å². The lowest BCUT2D eigenvalue weighted by atomic mass is 9.83. The van der Waals surface area contributed by atoms with E-state index in [0.717, 1.165) is 69.8 Å². The Morgan fingerprint density at radius 3 is 0.989 bits per heavy atom. The second kappa shape index (κ2) is 30.0. The molecule has 1 N–H and O–H groups in total. The standard InChI is InChI=1S/C40H29BrN4O.C22H14BrN3O.C18H14BrN/c41-32-27-25-31(26-28-32)40(46,39-43-37(29-15-5-1-6-16-29)42-38(44-39)30-17-7-2-8-18-30)35-23-13-14-24-36(35)45(33-19-9-3-10-20-33)34-21-11-4-12-22-34;23-18-13-11-15(12-14-18)19(27)22-25-20(16-7-3-1-4-8-16)24-21(26-22)17-9-5-2-6-10-17;19-17-13-7-8-14-18(17)20(15-9-3-1-4-10-15)16-11-5-2-6-12-16/h1-28,46H;1-14H;1-14H. The molecule has 0 aliphatic carbocycles. The molecule has 12 aromatic carbocycles. The second-order valence-corrected chi connectivity index (χ2v) is 23.8. The van der Waals surface area contributed by atoms with Crippen molar-refractivity contribution in [1.82, 2.24) is 29.9 Å². The number of rotatable bonds is 15. The average molecular weight is 1400 g/mol. The van der Waals surface area contributed by atoms with E-state index in [1.54, 1.807) is 12.1 Å². The minimum Gasteiger partial charge on any atom is -0.373 e. The molecule has 0 saturated carbocycles. The lowest BCUT2D eigenvalue weighted by molar-refractivity contribution is 0.102. The molecule has 0 amide bonds. The van der Waals surface area contributed by atoms with Crippen molar-refractivity contribution in [2.75, 3.05) is 9.80 Å². The lowest BCUT2D eigenvalue weighted by Gasteiger charge is -2.34. The fourth-order valence-corrected chi connectivity index (χ4v) is 11.5. The number of aliphatic hydroxyl groups is 1. The number of anilines is 6. The first kappa shape index (κ1) is 62.5. The first-order valence-corrected chi connectivity index (χ1v) is 32.2. The molecule has 0 fully saturated rings. The zero-order valence-corrected chi connectivity index (χ0v) is 54.7. The van der Waals surface area contributed by atoms with Crippen LogP contribution in [0.15, 0.2) is 353 Å². The van der Waals surface area contributed by atoms with Crippen LogP contribution in [0.4, 0.5) is 34.1 Å². The summed E-state index contributed by atoms with van der Waals surface area (Å²) in [4.78, 5) is 45.7. The molecule has 14 aromatic rings. The first-order valence-electron chi connectivity index (χ1n) is 29.9. The number of benzene rings is 12. The molecule has 10 nitrogen and oxygen atoms in total. The molecule has 2 aromatic heterocycles. The molecule has 0 aliphatic rings. The highest BCUT2D eigenvalue weighted by Gasteiger charge is 2.41. The van der Waals surface area contributed by atoms with E-state index in [1.165, 1.54) is 0 Å². The highest BCUT2D eigenvalue weighted by molar-refractivity contribution is 9.11. The Morgan fingerprint density at radius 2 is 0.613 bits per heavy atom. The topological polar surface area (TPSA) is 121 Å². The molecule has 93 heavy (non-hydrogen) atoms. The number of nitrogens with zero attached hydrogens (tertiary/aromatic N) is 8. The highest BCUT2D eigenvalue weighted by atomic mass is 79.9. The van der Waals surface area contributed by atoms with E-state index in [1.807, 2.05) is 237 Å². The summed E-state index contributed by atoms with van der Waals surface area (Å²) in [5, 5.41) is 13.4. The van der Waals surface area contributed by atoms with E-state index in [-0.39, 0.29) is 17.4 Å². The van der Waals surface area contributed by atoms with Crippen molar-refractivity contribution < 1.29 is 9.90 Å². The number of para-hydroxylation sites is 6. The van der Waals surface area contributed by atoms with Gasteiger partial charge in [-0.15, -0.1) is 0 Å². The quantitative estimate of drug-likeness (QED) is 0.0993. The fraction of sp³-hybridized carbons (Fsp3) is 0.0125. The minimum absolute atomic E-state index is 0.130. The van der Waals surface area contributed by atoms with Gasteiger partial charge >= 0.3 is 0 Å².